The maximum atomic E-state index is 12.4. The zero-order valence-corrected chi connectivity index (χ0v) is 14.1. The number of hydrogen-bond acceptors (Lipinski definition) is 5. The summed E-state index contributed by atoms with van der Waals surface area (Å²) in [7, 11) is 1.37. The molecule has 0 aliphatic carbocycles. The molecule has 0 fully saturated rings. The van der Waals surface area contributed by atoms with Crippen molar-refractivity contribution in [3.05, 3.63) is 46.5 Å². The summed E-state index contributed by atoms with van der Waals surface area (Å²) < 4.78 is 45.0. The van der Waals surface area contributed by atoms with Crippen LogP contribution in [0.25, 0.3) is 0 Å². The molecule has 2 aromatic rings. The lowest BCUT2D eigenvalue weighted by Crippen LogP contribution is -2.13. The number of methoxy groups -OCH3 is 1. The number of fused-ring (bicyclic) bond motifs is 1. The van der Waals surface area contributed by atoms with Crippen molar-refractivity contribution < 1.29 is 27.7 Å². The summed E-state index contributed by atoms with van der Waals surface area (Å²) >= 11 is 6.02. The molecule has 5 nitrogen and oxygen atoms in total. The normalized spacial score (nSPS) is 12.5. The molecule has 1 aliphatic heterocycles. The van der Waals surface area contributed by atoms with Crippen molar-refractivity contribution in [1.82, 2.24) is 5.32 Å². The van der Waals surface area contributed by atoms with Gasteiger partial charge in [-0.25, -0.2) is 0 Å². The number of hydrogen-bond donors (Lipinski definition) is 1. The van der Waals surface area contributed by atoms with Crippen molar-refractivity contribution >= 4 is 11.6 Å². The van der Waals surface area contributed by atoms with Gasteiger partial charge in [0.15, 0.2) is 23.0 Å². The van der Waals surface area contributed by atoms with Crippen LogP contribution >= 0.6 is 11.6 Å². The number of alkyl halides is 2. The van der Waals surface area contributed by atoms with Gasteiger partial charge in [-0.05, 0) is 35.4 Å². The third-order valence-corrected chi connectivity index (χ3v) is 3.87. The highest BCUT2D eigenvalue weighted by molar-refractivity contribution is 6.32. The quantitative estimate of drug-likeness (QED) is 0.798. The summed E-state index contributed by atoms with van der Waals surface area (Å²) in [6, 6.07) is 8.87. The molecule has 1 heterocycles. The van der Waals surface area contributed by atoms with Gasteiger partial charge in [-0.1, -0.05) is 17.7 Å². The molecule has 134 valence electrons. The largest absolute Gasteiger partial charge is 0.493 e. The van der Waals surface area contributed by atoms with Gasteiger partial charge in [0, 0.05) is 13.1 Å². The first-order valence-corrected chi connectivity index (χ1v) is 7.85. The van der Waals surface area contributed by atoms with E-state index in [2.05, 4.69) is 10.1 Å². The van der Waals surface area contributed by atoms with E-state index in [1.807, 2.05) is 18.2 Å². The zero-order valence-electron chi connectivity index (χ0n) is 13.4. The van der Waals surface area contributed by atoms with Crippen molar-refractivity contribution in [1.29, 1.82) is 0 Å². The molecule has 0 bridgehead atoms. The molecule has 0 atom stereocenters. The lowest BCUT2D eigenvalue weighted by molar-refractivity contribution is -0.0511. The summed E-state index contributed by atoms with van der Waals surface area (Å²) in [5, 5.41) is 3.32. The Kier molecular flexibility index (Phi) is 5.45. The predicted octanol–water partition coefficient (Wildman–Crippen LogP) is 3.97. The second kappa shape index (κ2) is 7.76. The van der Waals surface area contributed by atoms with Crippen LogP contribution in [0, 0.1) is 0 Å². The van der Waals surface area contributed by atoms with Gasteiger partial charge in [-0.15, -0.1) is 0 Å². The number of halogens is 3. The van der Waals surface area contributed by atoms with Crippen molar-refractivity contribution in [2.45, 2.75) is 19.7 Å². The van der Waals surface area contributed by atoms with Crippen molar-refractivity contribution in [3.8, 4) is 23.0 Å². The van der Waals surface area contributed by atoms with Gasteiger partial charge >= 0.3 is 6.61 Å². The third-order valence-electron chi connectivity index (χ3n) is 3.59. The molecule has 1 N–H and O–H groups in total. The predicted molar refractivity (Wildman–Crippen MR) is 87.7 cm³/mol. The van der Waals surface area contributed by atoms with Crippen LogP contribution < -0.4 is 24.3 Å². The van der Waals surface area contributed by atoms with E-state index in [-0.39, 0.29) is 23.3 Å². The summed E-state index contributed by atoms with van der Waals surface area (Å²) in [6.07, 6.45) is 0. The Bertz CT molecular complexity index is 758. The monoisotopic (exact) mass is 371 g/mol. The first kappa shape index (κ1) is 17.6. The van der Waals surface area contributed by atoms with Crippen LogP contribution in [-0.2, 0) is 13.1 Å². The fourth-order valence-corrected chi connectivity index (χ4v) is 2.76. The first-order valence-electron chi connectivity index (χ1n) is 7.47. The molecule has 25 heavy (non-hydrogen) atoms. The average Bonchev–Trinajstić information content (AvgIpc) is 3.04. The molecule has 0 unspecified atom stereocenters. The van der Waals surface area contributed by atoms with E-state index in [0.29, 0.717) is 13.1 Å². The second-order valence-corrected chi connectivity index (χ2v) is 5.69. The highest BCUT2D eigenvalue weighted by Gasteiger charge is 2.16. The fourth-order valence-electron chi connectivity index (χ4n) is 2.48. The Morgan fingerprint density at radius 1 is 1.12 bits per heavy atom. The number of rotatable bonds is 7. The molecule has 0 amide bonds. The van der Waals surface area contributed by atoms with Crippen LogP contribution in [-0.4, -0.2) is 20.5 Å². The first-order chi connectivity index (χ1) is 12.1. The molecule has 0 aromatic heterocycles. The topological polar surface area (TPSA) is 49.0 Å². The Balaban J connectivity index is 1.64. The fraction of sp³-hybridized carbons (Fsp3) is 0.294. The zero-order chi connectivity index (χ0) is 17.8. The molecule has 0 saturated heterocycles. The van der Waals surface area contributed by atoms with E-state index >= 15 is 0 Å². The van der Waals surface area contributed by atoms with Gasteiger partial charge in [-0.3, -0.25) is 0 Å². The molecule has 2 aromatic carbocycles. The molecule has 0 saturated carbocycles. The van der Waals surface area contributed by atoms with Crippen LogP contribution in [0.5, 0.6) is 23.0 Å². The van der Waals surface area contributed by atoms with E-state index in [1.165, 1.54) is 7.11 Å². The highest BCUT2D eigenvalue weighted by atomic mass is 35.5. The molecule has 0 spiro atoms. The lowest BCUT2D eigenvalue weighted by atomic mass is 10.1. The van der Waals surface area contributed by atoms with Gasteiger partial charge in [0.05, 0.1) is 12.1 Å². The van der Waals surface area contributed by atoms with E-state index < -0.39 is 6.61 Å². The van der Waals surface area contributed by atoms with E-state index in [0.717, 1.165) is 22.6 Å². The highest BCUT2D eigenvalue weighted by Crippen LogP contribution is 2.37. The minimum Gasteiger partial charge on any atom is -0.493 e. The third kappa shape index (κ3) is 4.24. The molecular weight excluding hydrogens is 356 g/mol. The van der Waals surface area contributed by atoms with Crippen LogP contribution in [0.15, 0.2) is 30.3 Å². The standard InChI is InChI=1S/C17H16ClF2NO4/c1-22-15-6-11(4-12(18)16(15)25-17(19)20)8-21-7-10-2-3-13-14(5-10)24-9-23-13/h2-6,17,21H,7-9H2,1H3. The van der Waals surface area contributed by atoms with E-state index in [9.17, 15) is 8.78 Å². The van der Waals surface area contributed by atoms with E-state index in [1.54, 1.807) is 12.1 Å². The Morgan fingerprint density at radius 3 is 2.64 bits per heavy atom. The Morgan fingerprint density at radius 2 is 1.88 bits per heavy atom. The smallest absolute Gasteiger partial charge is 0.387 e. The van der Waals surface area contributed by atoms with Crippen molar-refractivity contribution in [2.75, 3.05) is 13.9 Å². The van der Waals surface area contributed by atoms with Crippen LogP contribution in [0.4, 0.5) is 8.78 Å². The number of benzene rings is 2. The SMILES string of the molecule is COc1cc(CNCc2ccc3c(c2)OCO3)cc(Cl)c1OC(F)F. The molecule has 0 radical (unpaired) electrons. The number of ether oxygens (including phenoxy) is 4. The minimum absolute atomic E-state index is 0.0690. The summed E-state index contributed by atoms with van der Waals surface area (Å²) in [5.41, 5.74) is 1.81. The molecule has 3 rings (SSSR count). The molecular formula is C17H16ClF2NO4. The van der Waals surface area contributed by atoms with E-state index in [4.69, 9.17) is 25.8 Å². The van der Waals surface area contributed by atoms with Gasteiger partial charge in [0.1, 0.15) is 0 Å². The Labute approximate surface area is 148 Å². The van der Waals surface area contributed by atoms with Gasteiger partial charge < -0.3 is 24.3 Å². The maximum absolute atomic E-state index is 12.4. The molecule has 1 aliphatic rings. The van der Waals surface area contributed by atoms with Gasteiger partial charge in [0.2, 0.25) is 6.79 Å². The number of nitrogens with one attached hydrogen (secondary N) is 1. The maximum Gasteiger partial charge on any atom is 0.387 e. The lowest BCUT2D eigenvalue weighted by Gasteiger charge is -2.14. The molecule has 8 heteroatoms. The minimum atomic E-state index is -2.97. The van der Waals surface area contributed by atoms with Crippen molar-refractivity contribution in [3.63, 3.8) is 0 Å². The second-order valence-electron chi connectivity index (χ2n) is 5.28. The van der Waals surface area contributed by atoms with Gasteiger partial charge in [-0.2, -0.15) is 8.78 Å². The summed E-state index contributed by atoms with van der Waals surface area (Å²) in [5.74, 6) is 1.44. The summed E-state index contributed by atoms with van der Waals surface area (Å²) in [4.78, 5) is 0. The average molecular weight is 372 g/mol. The van der Waals surface area contributed by atoms with Crippen LogP contribution in [0.1, 0.15) is 11.1 Å². The Hall–Kier alpha value is -2.25. The van der Waals surface area contributed by atoms with Crippen molar-refractivity contribution in [2.24, 2.45) is 0 Å². The van der Waals surface area contributed by atoms with Crippen LogP contribution in [0.3, 0.4) is 0 Å². The van der Waals surface area contributed by atoms with Gasteiger partial charge in [0.25, 0.3) is 0 Å². The summed E-state index contributed by atoms with van der Waals surface area (Å²) in [6.45, 7) is -1.68. The van der Waals surface area contributed by atoms with Crippen LogP contribution in [0.2, 0.25) is 5.02 Å².